The molecule has 6 nitrogen and oxygen atoms in total. The Morgan fingerprint density at radius 3 is 2.50 bits per heavy atom. The van der Waals surface area contributed by atoms with Gasteiger partial charge in [0.25, 0.3) is 5.91 Å². The molecule has 2 aromatic rings. The van der Waals surface area contributed by atoms with Crippen LogP contribution in [0.3, 0.4) is 0 Å². The molecule has 1 aliphatic rings. The van der Waals surface area contributed by atoms with Crippen molar-refractivity contribution in [2.75, 3.05) is 14.1 Å². The quantitative estimate of drug-likeness (QED) is 0.787. The van der Waals surface area contributed by atoms with Gasteiger partial charge in [0.05, 0.1) is 5.69 Å². The van der Waals surface area contributed by atoms with Gasteiger partial charge in [-0.2, -0.15) is 5.10 Å². The van der Waals surface area contributed by atoms with Crippen molar-refractivity contribution in [1.29, 1.82) is 0 Å². The first-order valence-corrected chi connectivity index (χ1v) is 8.67. The molecule has 1 aromatic heterocycles. The number of nitrogens with zero attached hydrogens (tertiary/aromatic N) is 3. The van der Waals surface area contributed by atoms with Crippen LogP contribution in [-0.4, -0.2) is 46.8 Å². The minimum Gasteiger partial charge on any atom is -0.448 e. The van der Waals surface area contributed by atoms with E-state index in [-0.39, 0.29) is 17.4 Å². The maximum atomic E-state index is 13.2. The Hall–Kier alpha value is -2.70. The highest BCUT2D eigenvalue weighted by Crippen LogP contribution is 2.27. The van der Waals surface area contributed by atoms with E-state index < -0.39 is 12.1 Å². The van der Waals surface area contributed by atoms with Crippen molar-refractivity contribution in [3.05, 3.63) is 47.0 Å². The Morgan fingerprint density at radius 2 is 1.85 bits per heavy atom. The first-order valence-electron chi connectivity index (χ1n) is 8.67. The number of halogens is 1. The summed E-state index contributed by atoms with van der Waals surface area (Å²) in [5.74, 6) is -1.22. The molecule has 1 amide bonds. The molecule has 0 radical (unpaired) electrons. The summed E-state index contributed by atoms with van der Waals surface area (Å²) in [6.07, 6.45) is 2.61. The van der Waals surface area contributed by atoms with Gasteiger partial charge in [-0.1, -0.05) is 0 Å². The van der Waals surface area contributed by atoms with Crippen LogP contribution in [0.5, 0.6) is 0 Å². The number of rotatable bonds is 4. The van der Waals surface area contributed by atoms with Gasteiger partial charge in [0, 0.05) is 25.4 Å². The molecule has 1 aromatic carbocycles. The SMILES string of the molecule is CC(OC(=O)c1nn(-c2ccc(F)cc2)c2c1CCCC2)C(=O)N(C)C. The second-order valence-electron chi connectivity index (χ2n) is 6.65. The Labute approximate surface area is 151 Å². The summed E-state index contributed by atoms with van der Waals surface area (Å²) < 4.78 is 20.2. The molecule has 0 N–H and O–H groups in total. The first kappa shape index (κ1) is 18.1. The molecule has 3 rings (SSSR count). The summed E-state index contributed by atoms with van der Waals surface area (Å²) in [5, 5.41) is 4.44. The minimum atomic E-state index is -0.882. The van der Waals surface area contributed by atoms with Gasteiger partial charge in [-0.3, -0.25) is 4.79 Å². The molecule has 1 atom stereocenters. The normalized spacial score (nSPS) is 14.5. The van der Waals surface area contributed by atoms with Crippen molar-refractivity contribution in [2.45, 2.75) is 38.7 Å². The van der Waals surface area contributed by atoms with Crippen LogP contribution < -0.4 is 0 Å². The third-order valence-corrected chi connectivity index (χ3v) is 4.52. The summed E-state index contributed by atoms with van der Waals surface area (Å²) >= 11 is 0. The van der Waals surface area contributed by atoms with E-state index in [1.807, 2.05) is 0 Å². The molecule has 0 bridgehead atoms. The van der Waals surface area contributed by atoms with Crippen LogP contribution in [0, 0.1) is 5.82 Å². The highest BCUT2D eigenvalue weighted by molar-refractivity contribution is 5.92. The fourth-order valence-electron chi connectivity index (χ4n) is 3.19. The predicted molar refractivity (Wildman–Crippen MR) is 93.7 cm³/mol. The standard InChI is InChI=1S/C19H22FN3O3/c1-12(18(24)22(2)3)26-19(25)17-15-6-4-5-7-16(15)23(21-17)14-10-8-13(20)9-11-14/h8-12H,4-7H2,1-3H3. The number of carbonyl (C=O) groups excluding carboxylic acids is 2. The zero-order valence-corrected chi connectivity index (χ0v) is 15.2. The summed E-state index contributed by atoms with van der Waals surface area (Å²) in [5.41, 5.74) is 2.74. The molecular weight excluding hydrogens is 337 g/mol. The van der Waals surface area contributed by atoms with Gasteiger partial charge >= 0.3 is 5.97 Å². The first-order chi connectivity index (χ1) is 12.4. The highest BCUT2D eigenvalue weighted by atomic mass is 19.1. The zero-order chi connectivity index (χ0) is 18.8. The molecule has 1 aliphatic carbocycles. The van der Waals surface area contributed by atoms with E-state index >= 15 is 0 Å². The molecule has 1 heterocycles. The number of amides is 1. The number of ether oxygens (including phenoxy) is 1. The number of aromatic nitrogens is 2. The van der Waals surface area contributed by atoms with E-state index in [1.165, 1.54) is 17.0 Å². The number of hydrogen-bond donors (Lipinski definition) is 0. The Morgan fingerprint density at radius 1 is 1.19 bits per heavy atom. The lowest BCUT2D eigenvalue weighted by Crippen LogP contribution is -2.35. The Balaban J connectivity index is 1.94. The summed E-state index contributed by atoms with van der Waals surface area (Å²) in [4.78, 5) is 25.9. The van der Waals surface area contributed by atoms with Crippen molar-refractivity contribution >= 4 is 11.9 Å². The van der Waals surface area contributed by atoms with Crippen molar-refractivity contribution in [3.63, 3.8) is 0 Å². The lowest BCUT2D eigenvalue weighted by Gasteiger charge is -2.17. The van der Waals surface area contributed by atoms with Crippen molar-refractivity contribution < 1.29 is 18.7 Å². The maximum Gasteiger partial charge on any atom is 0.359 e. The molecule has 0 saturated heterocycles. The number of carbonyl (C=O) groups is 2. The number of likely N-dealkylation sites (N-methyl/N-ethyl adjacent to an activating group) is 1. The van der Waals surface area contributed by atoms with Gasteiger partial charge in [-0.25, -0.2) is 13.9 Å². The van der Waals surface area contributed by atoms with Crippen LogP contribution in [0.2, 0.25) is 0 Å². The largest absolute Gasteiger partial charge is 0.448 e. The lowest BCUT2D eigenvalue weighted by molar-refractivity contribution is -0.137. The van der Waals surface area contributed by atoms with Crippen LogP contribution in [0.1, 0.15) is 41.5 Å². The summed E-state index contributed by atoms with van der Waals surface area (Å²) in [6, 6.07) is 5.99. The van der Waals surface area contributed by atoms with Gasteiger partial charge in [0.15, 0.2) is 11.8 Å². The molecule has 26 heavy (non-hydrogen) atoms. The smallest absolute Gasteiger partial charge is 0.359 e. The van der Waals surface area contributed by atoms with Crippen LogP contribution in [0.25, 0.3) is 5.69 Å². The third kappa shape index (κ3) is 3.47. The number of hydrogen-bond acceptors (Lipinski definition) is 4. The molecule has 1 unspecified atom stereocenters. The second-order valence-corrected chi connectivity index (χ2v) is 6.65. The van der Waals surface area contributed by atoms with E-state index in [1.54, 1.807) is 37.8 Å². The van der Waals surface area contributed by atoms with Crippen molar-refractivity contribution in [3.8, 4) is 5.69 Å². The Kier molecular flexibility index (Phi) is 5.06. The second kappa shape index (κ2) is 7.27. The van der Waals surface area contributed by atoms with Crippen LogP contribution in [-0.2, 0) is 22.4 Å². The molecule has 7 heteroatoms. The highest BCUT2D eigenvalue weighted by Gasteiger charge is 2.29. The van der Waals surface area contributed by atoms with Crippen molar-refractivity contribution in [2.24, 2.45) is 0 Å². The monoisotopic (exact) mass is 359 g/mol. The van der Waals surface area contributed by atoms with Gasteiger partial charge in [0.2, 0.25) is 0 Å². The fraction of sp³-hybridized carbons (Fsp3) is 0.421. The van der Waals surface area contributed by atoms with Gasteiger partial charge in [-0.05, 0) is 56.9 Å². The van der Waals surface area contributed by atoms with Gasteiger partial charge in [0.1, 0.15) is 5.82 Å². The third-order valence-electron chi connectivity index (χ3n) is 4.52. The Bertz CT molecular complexity index is 827. The molecule has 138 valence electrons. The lowest BCUT2D eigenvalue weighted by atomic mass is 9.95. The number of fused-ring (bicyclic) bond motifs is 1. The van der Waals surface area contributed by atoms with Crippen LogP contribution in [0.4, 0.5) is 4.39 Å². The van der Waals surface area contributed by atoms with Crippen LogP contribution >= 0.6 is 0 Å². The average Bonchev–Trinajstić information content (AvgIpc) is 3.01. The van der Waals surface area contributed by atoms with E-state index in [4.69, 9.17) is 4.74 Å². The maximum absolute atomic E-state index is 13.2. The number of benzene rings is 1. The van der Waals surface area contributed by atoms with Crippen molar-refractivity contribution in [1.82, 2.24) is 14.7 Å². The van der Waals surface area contributed by atoms with Gasteiger partial charge in [-0.15, -0.1) is 0 Å². The van der Waals surface area contributed by atoms with Gasteiger partial charge < -0.3 is 9.64 Å². The molecule has 0 fully saturated rings. The van der Waals surface area contributed by atoms with E-state index in [0.717, 1.165) is 36.9 Å². The molecule has 0 saturated carbocycles. The van der Waals surface area contributed by atoms with E-state index in [9.17, 15) is 14.0 Å². The minimum absolute atomic E-state index is 0.238. The van der Waals surface area contributed by atoms with E-state index in [0.29, 0.717) is 5.69 Å². The fourth-order valence-corrected chi connectivity index (χ4v) is 3.19. The summed E-state index contributed by atoms with van der Waals surface area (Å²) in [6.45, 7) is 1.55. The number of esters is 1. The molecular formula is C19H22FN3O3. The zero-order valence-electron chi connectivity index (χ0n) is 15.2. The predicted octanol–water partition coefficient (Wildman–Crippen LogP) is 2.52. The topological polar surface area (TPSA) is 64.4 Å². The molecule has 0 aliphatic heterocycles. The average molecular weight is 359 g/mol. The molecule has 0 spiro atoms. The van der Waals surface area contributed by atoms with E-state index in [2.05, 4.69) is 5.10 Å². The summed E-state index contributed by atoms with van der Waals surface area (Å²) in [7, 11) is 3.22. The van der Waals surface area contributed by atoms with Crippen LogP contribution in [0.15, 0.2) is 24.3 Å².